The Morgan fingerprint density at radius 3 is 2.18 bits per heavy atom. The minimum atomic E-state index is -3.95. The highest BCUT2D eigenvalue weighted by atomic mass is 32.2. The Morgan fingerprint density at radius 1 is 1.00 bits per heavy atom. The SMILES string of the molecule is CC[C@H](C(=O)N[C@@H](C)CC)N(Cc1ccc(F)cc1)C(=O)CN(c1cccc(F)c1)S(C)(=O)=O. The predicted molar refractivity (Wildman–Crippen MR) is 128 cm³/mol. The molecule has 0 radical (unpaired) electrons. The van der Waals surface area contributed by atoms with Gasteiger partial charge < -0.3 is 10.2 Å². The van der Waals surface area contributed by atoms with Gasteiger partial charge in [-0.1, -0.05) is 32.0 Å². The van der Waals surface area contributed by atoms with Crippen molar-refractivity contribution in [3.8, 4) is 0 Å². The van der Waals surface area contributed by atoms with Gasteiger partial charge in [0.1, 0.15) is 24.2 Å². The lowest BCUT2D eigenvalue weighted by Gasteiger charge is -2.33. The summed E-state index contributed by atoms with van der Waals surface area (Å²) in [5.74, 6) is -2.12. The molecule has 0 aromatic heterocycles. The molecule has 0 unspecified atom stereocenters. The molecule has 0 saturated carbocycles. The molecular weight excluding hydrogens is 464 g/mol. The maximum Gasteiger partial charge on any atom is 0.244 e. The molecule has 0 aliphatic rings. The molecule has 2 atom stereocenters. The number of anilines is 1. The van der Waals surface area contributed by atoms with E-state index in [-0.39, 0.29) is 30.6 Å². The monoisotopic (exact) mass is 495 g/mol. The third-order valence-electron chi connectivity index (χ3n) is 5.43. The molecule has 34 heavy (non-hydrogen) atoms. The summed E-state index contributed by atoms with van der Waals surface area (Å²) in [5, 5.41) is 2.86. The summed E-state index contributed by atoms with van der Waals surface area (Å²) in [6, 6.07) is 9.38. The van der Waals surface area contributed by atoms with Crippen LogP contribution in [0, 0.1) is 11.6 Å². The Balaban J connectivity index is 2.43. The predicted octanol–water partition coefficient (Wildman–Crippen LogP) is 3.45. The molecule has 0 aliphatic heterocycles. The molecular formula is C24H31F2N3O4S. The highest BCUT2D eigenvalue weighted by molar-refractivity contribution is 7.92. The fraction of sp³-hybridized carbons (Fsp3) is 0.417. The van der Waals surface area contributed by atoms with Crippen molar-refractivity contribution in [3.05, 3.63) is 65.7 Å². The third kappa shape index (κ3) is 7.51. The van der Waals surface area contributed by atoms with Crippen LogP contribution in [0.1, 0.15) is 39.2 Å². The van der Waals surface area contributed by atoms with Crippen molar-refractivity contribution >= 4 is 27.5 Å². The number of rotatable bonds is 11. The van der Waals surface area contributed by atoms with E-state index in [0.717, 1.165) is 16.6 Å². The smallest absolute Gasteiger partial charge is 0.244 e. The van der Waals surface area contributed by atoms with E-state index in [1.807, 2.05) is 13.8 Å². The van der Waals surface area contributed by atoms with Crippen LogP contribution in [0.5, 0.6) is 0 Å². The normalized spacial score (nSPS) is 13.1. The highest BCUT2D eigenvalue weighted by Gasteiger charge is 2.32. The first-order chi connectivity index (χ1) is 16.0. The molecule has 0 fully saturated rings. The second-order valence-electron chi connectivity index (χ2n) is 8.14. The van der Waals surface area contributed by atoms with Crippen LogP contribution < -0.4 is 9.62 Å². The van der Waals surface area contributed by atoms with Crippen LogP contribution in [0.2, 0.25) is 0 Å². The molecule has 10 heteroatoms. The molecule has 0 bridgehead atoms. The van der Waals surface area contributed by atoms with Crippen molar-refractivity contribution in [1.82, 2.24) is 10.2 Å². The minimum absolute atomic E-state index is 0.00492. The number of nitrogens with zero attached hydrogens (tertiary/aromatic N) is 2. The molecule has 0 saturated heterocycles. The Bertz CT molecular complexity index is 1090. The average Bonchev–Trinajstić information content (AvgIpc) is 2.77. The van der Waals surface area contributed by atoms with Crippen molar-refractivity contribution in [1.29, 1.82) is 0 Å². The van der Waals surface area contributed by atoms with Gasteiger partial charge in [0.25, 0.3) is 0 Å². The van der Waals surface area contributed by atoms with Gasteiger partial charge in [-0.3, -0.25) is 13.9 Å². The second kappa shape index (κ2) is 11.9. The molecule has 1 N–H and O–H groups in total. The Labute approximate surface area is 199 Å². The van der Waals surface area contributed by atoms with E-state index in [0.29, 0.717) is 12.0 Å². The number of carbonyl (C=O) groups is 2. The first-order valence-electron chi connectivity index (χ1n) is 11.0. The fourth-order valence-electron chi connectivity index (χ4n) is 3.39. The number of halogens is 2. The fourth-order valence-corrected chi connectivity index (χ4v) is 4.23. The summed E-state index contributed by atoms with van der Waals surface area (Å²) in [5.41, 5.74) is 0.566. The number of sulfonamides is 1. The molecule has 0 spiro atoms. The first-order valence-corrected chi connectivity index (χ1v) is 12.9. The van der Waals surface area contributed by atoms with Gasteiger partial charge >= 0.3 is 0 Å². The topological polar surface area (TPSA) is 86.8 Å². The van der Waals surface area contributed by atoms with Crippen LogP contribution in [0.3, 0.4) is 0 Å². The van der Waals surface area contributed by atoms with E-state index in [2.05, 4.69) is 5.32 Å². The maximum absolute atomic E-state index is 13.8. The zero-order valence-electron chi connectivity index (χ0n) is 19.8. The van der Waals surface area contributed by atoms with Gasteiger partial charge in [0.2, 0.25) is 21.8 Å². The highest BCUT2D eigenvalue weighted by Crippen LogP contribution is 2.20. The van der Waals surface area contributed by atoms with E-state index >= 15 is 0 Å². The molecule has 0 heterocycles. The van der Waals surface area contributed by atoms with Crippen LogP contribution >= 0.6 is 0 Å². The van der Waals surface area contributed by atoms with Gasteiger partial charge in [-0.15, -0.1) is 0 Å². The molecule has 7 nitrogen and oxygen atoms in total. The van der Waals surface area contributed by atoms with Crippen molar-refractivity contribution < 1.29 is 26.8 Å². The summed E-state index contributed by atoms with van der Waals surface area (Å²) in [6.45, 7) is 4.83. The zero-order valence-corrected chi connectivity index (χ0v) is 20.6. The van der Waals surface area contributed by atoms with E-state index < -0.39 is 40.2 Å². The van der Waals surface area contributed by atoms with Crippen LogP contribution in [0.4, 0.5) is 14.5 Å². The van der Waals surface area contributed by atoms with Crippen molar-refractivity contribution in [2.45, 2.75) is 52.2 Å². The molecule has 186 valence electrons. The van der Waals surface area contributed by atoms with E-state index in [1.54, 1.807) is 6.92 Å². The summed E-state index contributed by atoms with van der Waals surface area (Å²) in [7, 11) is -3.95. The van der Waals surface area contributed by atoms with Gasteiger partial charge in [0.15, 0.2) is 0 Å². The zero-order chi connectivity index (χ0) is 25.5. The second-order valence-corrected chi connectivity index (χ2v) is 10.0. The van der Waals surface area contributed by atoms with Gasteiger partial charge in [0, 0.05) is 12.6 Å². The lowest BCUT2D eigenvalue weighted by atomic mass is 10.1. The number of carbonyl (C=O) groups excluding carboxylic acids is 2. The minimum Gasteiger partial charge on any atom is -0.352 e. The molecule has 2 aromatic rings. The van der Waals surface area contributed by atoms with Crippen LogP contribution in [-0.4, -0.2) is 50.0 Å². The van der Waals surface area contributed by atoms with Crippen LogP contribution in [0.15, 0.2) is 48.5 Å². The lowest BCUT2D eigenvalue weighted by molar-refractivity contribution is -0.140. The van der Waals surface area contributed by atoms with Gasteiger partial charge in [-0.05, 0) is 55.7 Å². The number of benzene rings is 2. The summed E-state index contributed by atoms with van der Waals surface area (Å²) >= 11 is 0. The van der Waals surface area contributed by atoms with E-state index in [9.17, 15) is 26.8 Å². The quantitative estimate of drug-likeness (QED) is 0.517. The molecule has 2 aromatic carbocycles. The maximum atomic E-state index is 13.8. The Kier molecular flexibility index (Phi) is 9.55. The molecule has 2 rings (SSSR count). The van der Waals surface area contributed by atoms with E-state index in [4.69, 9.17) is 0 Å². The summed E-state index contributed by atoms with van der Waals surface area (Å²) in [6.07, 6.45) is 1.88. The van der Waals surface area contributed by atoms with Gasteiger partial charge in [-0.25, -0.2) is 17.2 Å². The average molecular weight is 496 g/mol. The summed E-state index contributed by atoms with van der Waals surface area (Å²) < 4.78 is 52.9. The third-order valence-corrected chi connectivity index (χ3v) is 6.57. The number of nitrogens with one attached hydrogen (secondary N) is 1. The van der Waals surface area contributed by atoms with Crippen molar-refractivity contribution in [2.75, 3.05) is 17.1 Å². The molecule has 2 amide bonds. The van der Waals surface area contributed by atoms with Crippen LogP contribution in [0.25, 0.3) is 0 Å². The van der Waals surface area contributed by atoms with Gasteiger partial charge in [-0.2, -0.15) is 0 Å². The Morgan fingerprint density at radius 2 is 1.65 bits per heavy atom. The van der Waals surface area contributed by atoms with Crippen molar-refractivity contribution in [2.24, 2.45) is 0 Å². The first kappa shape index (κ1) is 27.2. The van der Waals surface area contributed by atoms with Crippen LogP contribution in [-0.2, 0) is 26.2 Å². The number of amides is 2. The lowest BCUT2D eigenvalue weighted by Crippen LogP contribution is -2.53. The number of hydrogen-bond donors (Lipinski definition) is 1. The number of hydrogen-bond acceptors (Lipinski definition) is 4. The van der Waals surface area contributed by atoms with E-state index in [1.165, 1.54) is 47.4 Å². The Hall–Kier alpha value is -3.01. The van der Waals surface area contributed by atoms with Gasteiger partial charge in [0.05, 0.1) is 11.9 Å². The largest absolute Gasteiger partial charge is 0.352 e. The summed E-state index contributed by atoms with van der Waals surface area (Å²) in [4.78, 5) is 27.7. The molecule has 0 aliphatic carbocycles. The van der Waals surface area contributed by atoms with Crippen molar-refractivity contribution in [3.63, 3.8) is 0 Å². The standard InChI is InChI=1S/C24H31F2N3O4S/c1-5-17(3)27-24(31)22(6-2)28(15-18-10-12-19(25)13-11-18)23(30)16-29(34(4,32)33)21-9-7-8-20(26)14-21/h7-14,17,22H,5-6,15-16H2,1-4H3,(H,27,31)/t17-,22+/m0/s1.